The zero-order valence-electron chi connectivity index (χ0n) is 14.4. The molecule has 0 spiro atoms. The minimum atomic E-state index is -0.729. The molecule has 0 aromatic heterocycles. The third kappa shape index (κ3) is 3.82. The summed E-state index contributed by atoms with van der Waals surface area (Å²) < 4.78 is 5.61. The van der Waals surface area contributed by atoms with Crippen LogP contribution in [-0.2, 0) is 9.59 Å². The number of amides is 4. The molecule has 3 rings (SSSR count). The standard InChI is InChI=1S/C18H23N3O4/c1-19(11-12-25-15-9-3-2-4-10-15)13-20-16(22)17(23)21(18(20)24)14-7-5-6-8-14/h2-4,9-10,14H,5-8,11-13H2,1H3. The summed E-state index contributed by atoms with van der Waals surface area (Å²) in [7, 11) is 1.79. The van der Waals surface area contributed by atoms with Crippen LogP contribution in [0.3, 0.4) is 0 Å². The quantitative estimate of drug-likeness (QED) is 0.556. The molecule has 0 unspecified atom stereocenters. The van der Waals surface area contributed by atoms with Crippen LogP contribution in [0.15, 0.2) is 30.3 Å². The number of likely N-dealkylation sites (N-methyl/N-ethyl adjacent to an activating group) is 1. The zero-order valence-corrected chi connectivity index (χ0v) is 14.4. The average Bonchev–Trinajstić information content (AvgIpc) is 3.20. The molecule has 7 heteroatoms. The second kappa shape index (κ2) is 7.65. The van der Waals surface area contributed by atoms with Gasteiger partial charge in [-0.25, -0.2) is 9.69 Å². The second-order valence-corrected chi connectivity index (χ2v) is 6.51. The Kier molecular flexibility index (Phi) is 5.33. The van der Waals surface area contributed by atoms with Gasteiger partial charge >= 0.3 is 17.8 Å². The molecule has 0 bridgehead atoms. The van der Waals surface area contributed by atoms with Crippen LogP contribution in [0.5, 0.6) is 5.75 Å². The lowest BCUT2D eigenvalue weighted by atomic mass is 10.2. The number of carbonyl (C=O) groups is 3. The normalized spacial score (nSPS) is 18.7. The molecule has 2 fully saturated rings. The van der Waals surface area contributed by atoms with Crippen molar-refractivity contribution in [2.75, 3.05) is 26.9 Å². The molecule has 0 atom stereocenters. The number of hydrogen-bond donors (Lipinski definition) is 0. The lowest BCUT2D eigenvalue weighted by Gasteiger charge is -2.24. The number of imide groups is 2. The Labute approximate surface area is 147 Å². The highest BCUT2D eigenvalue weighted by atomic mass is 16.5. The van der Waals surface area contributed by atoms with Crippen molar-refractivity contribution in [2.45, 2.75) is 31.7 Å². The van der Waals surface area contributed by atoms with Crippen LogP contribution in [0.1, 0.15) is 25.7 Å². The molecule has 0 N–H and O–H groups in total. The molecule has 1 heterocycles. The highest BCUT2D eigenvalue weighted by Crippen LogP contribution is 2.27. The molecule has 1 aromatic carbocycles. The van der Waals surface area contributed by atoms with Gasteiger partial charge in [0.25, 0.3) is 0 Å². The SMILES string of the molecule is CN(CCOc1ccccc1)CN1C(=O)C(=O)N(C2CCCC2)C1=O. The van der Waals surface area contributed by atoms with Crippen molar-refractivity contribution in [3.63, 3.8) is 0 Å². The molecule has 1 aliphatic carbocycles. The first kappa shape index (κ1) is 17.4. The maximum atomic E-state index is 12.5. The summed E-state index contributed by atoms with van der Waals surface area (Å²) in [5.41, 5.74) is 0. The first-order valence-electron chi connectivity index (χ1n) is 8.63. The first-order chi connectivity index (χ1) is 12.1. The van der Waals surface area contributed by atoms with E-state index in [-0.39, 0.29) is 12.7 Å². The molecule has 25 heavy (non-hydrogen) atoms. The third-order valence-electron chi connectivity index (χ3n) is 4.64. The van der Waals surface area contributed by atoms with Crippen molar-refractivity contribution < 1.29 is 19.1 Å². The molecule has 1 saturated heterocycles. The number of carbonyl (C=O) groups excluding carboxylic acids is 3. The number of para-hydroxylation sites is 1. The summed E-state index contributed by atoms with van der Waals surface area (Å²) in [5.74, 6) is -0.648. The number of ether oxygens (including phenoxy) is 1. The van der Waals surface area contributed by atoms with Crippen molar-refractivity contribution >= 4 is 17.8 Å². The fraction of sp³-hybridized carbons (Fsp3) is 0.500. The number of nitrogens with zero attached hydrogens (tertiary/aromatic N) is 3. The smallest absolute Gasteiger partial charge is 0.335 e. The predicted molar refractivity (Wildman–Crippen MR) is 90.8 cm³/mol. The van der Waals surface area contributed by atoms with E-state index in [1.54, 1.807) is 11.9 Å². The minimum Gasteiger partial charge on any atom is -0.492 e. The van der Waals surface area contributed by atoms with Gasteiger partial charge in [-0.2, -0.15) is 0 Å². The fourth-order valence-electron chi connectivity index (χ4n) is 3.28. The Balaban J connectivity index is 1.52. The van der Waals surface area contributed by atoms with Crippen LogP contribution in [0.2, 0.25) is 0 Å². The van der Waals surface area contributed by atoms with E-state index in [0.29, 0.717) is 13.2 Å². The average molecular weight is 345 g/mol. The number of benzene rings is 1. The van der Waals surface area contributed by atoms with E-state index in [1.165, 1.54) is 0 Å². The Morgan fingerprint density at radius 3 is 2.44 bits per heavy atom. The van der Waals surface area contributed by atoms with Gasteiger partial charge in [0.15, 0.2) is 0 Å². The molecule has 1 aromatic rings. The monoisotopic (exact) mass is 345 g/mol. The lowest BCUT2D eigenvalue weighted by Crippen LogP contribution is -2.43. The number of hydrogen-bond acceptors (Lipinski definition) is 5. The van der Waals surface area contributed by atoms with Gasteiger partial charge in [0.05, 0.1) is 6.67 Å². The molecule has 2 aliphatic rings. The van der Waals surface area contributed by atoms with E-state index in [2.05, 4.69) is 0 Å². The number of urea groups is 1. The molecule has 1 saturated carbocycles. The molecular formula is C18H23N3O4. The van der Waals surface area contributed by atoms with Gasteiger partial charge in [-0.3, -0.25) is 19.4 Å². The van der Waals surface area contributed by atoms with Gasteiger partial charge in [0.1, 0.15) is 12.4 Å². The Hall–Kier alpha value is -2.41. The Bertz CT molecular complexity index is 643. The maximum absolute atomic E-state index is 12.5. The van der Waals surface area contributed by atoms with E-state index in [0.717, 1.165) is 41.2 Å². The summed E-state index contributed by atoms with van der Waals surface area (Å²) in [6.45, 7) is 1.05. The Morgan fingerprint density at radius 2 is 1.76 bits per heavy atom. The van der Waals surface area contributed by atoms with Crippen LogP contribution >= 0.6 is 0 Å². The van der Waals surface area contributed by atoms with Crippen LogP contribution in [-0.4, -0.2) is 65.5 Å². The largest absolute Gasteiger partial charge is 0.492 e. The van der Waals surface area contributed by atoms with Gasteiger partial charge in [0, 0.05) is 12.6 Å². The summed E-state index contributed by atoms with van der Waals surface area (Å²) >= 11 is 0. The highest BCUT2D eigenvalue weighted by Gasteiger charge is 2.48. The van der Waals surface area contributed by atoms with Gasteiger partial charge < -0.3 is 4.74 Å². The van der Waals surface area contributed by atoms with Crippen molar-refractivity contribution in [1.82, 2.24) is 14.7 Å². The van der Waals surface area contributed by atoms with Gasteiger partial charge in [-0.1, -0.05) is 31.0 Å². The van der Waals surface area contributed by atoms with Crippen molar-refractivity contribution in [1.29, 1.82) is 0 Å². The topological polar surface area (TPSA) is 70.2 Å². The summed E-state index contributed by atoms with van der Waals surface area (Å²) in [6, 6.07) is 8.82. The number of rotatable bonds is 7. The van der Waals surface area contributed by atoms with Crippen LogP contribution in [0.4, 0.5) is 4.79 Å². The van der Waals surface area contributed by atoms with E-state index in [9.17, 15) is 14.4 Å². The van der Waals surface area contributed by atoms with Gasteiger partial charge in [-0.15, -0.1) is 0 Å². The minimum absolute atomic E-state index is 0.0881. The molecule has 7 nitrogen and oxygen atoms in total. The molecule has 0 radical (unpaired) electrons. The van der Waals surface area contributed by atoms with Gasteiger partial charge in [0.2, 0.25) is 0 Å². The molecular weight excluding hydrogens is 322 g/mol. The van der Waals surface area contributed by atoms with E-state index >= 15 is 0 Å². The summed E-state index contributed by atoms with van der Waals surface area (Å²) in [6.07, 6.45) is 3.57. The third-order valence-corrected chi connectivity index (χ3v) is 4.64. The molecule has 134 valence electrons. The highest BCUT2D eigenvalue weighted by molar-refractivity contribution is 6.44. The Morgan fingerprint density at radius 1 is 1.08 bits per heavy atom. The van der Waals surface area contributed by atoms with Crippen LogP contribution in [0, 0.1) is 0 Å². The first-order valence-corrected chi connectivity index (χ1v) is 8.63. The van der Waals surface area contributed by atoms with Crippen molar-refractivity contribution in [2.24, 2.45) is 0 Å². The van der Waals surface area contributed by atoms with Gasteiger partial charge in [-0.05, 0) is 32.0 Å². The second-order valence-electron chi connectivity index (χ2n) is 6.51. The van der Waals surface area contributed by atoms with Crippen molar-refractivity contribution in [3.8, 4) is 5.75 Å². The van der Waals surface area contributed by atoms with Crippen molar-refractivity contribution in [3.05, 3.63) is 30.3 Å². The molecule has 4 amide bonds. The zero-order chi connectivity index (χ0) is 17.8. The lowest BCUT2D eigenvalue weighted by molar-refractivity contribution is -0.144. The summed E-state index contributed by atoms with van der Waals surface area (Å²) in [5, 5.41) is 0. The van der Waals surface area contributed by atoms with E-state index < -0.39 is 17.8 Å². The van der Waals surface area contributed by atoms with E-state index in [4.69, 9.17) is 4.74 Å². The molecule has 1 aliphatic heterocycles. The maximum Gasteiger partial charge on any atom is 0.335 e. The predicted octanol–water partition coefficient (Wildman–Crippen LogP) is 1.69. The fourth-order valence-corrected chi connectivity index (χ4v) is 3.28. The van der Waals surface area contributed by atoms with E-state index in [1.807, 2.05) is 30.3 Å². The summed E-state index contributed by atoms with van der Waals surface area (Å²) in [4.78, 5) is 40.8. The van der Waals surface area contributed by atoms with Crippen LogP contribution in [0.25, 0.3) is 0 Å². The van der Waals surface area contributed by atoms with Crippen LogP contribution < -0.4 is 4.74 Å².